The molecule has 3 aliphatic rings. The van der Waals surface area contributed by atoms with E-state index in [-0.39, 0.29) is 22.8 Å². The van der Waals surface area contributed by atoms with Crippen LogP contribution in [0.5, 0.6) is 5.75 Å². The number of benzene rings is 2. The molecule has 0 aromatic heterocycles. The molecule has 3 saturated carbocycles. The van der Waals surface area contributed by atoms with E-state index in [4.69, 9.17) is 8.74 Å². The van der Waals surface area contributed by atoms with Gasteiger partial charge in [-0.15, -0.1) is 0 Å². The lowest BCUT2D eigenvalue weighted by Crippen LogP contribution is -2.22. The third kappa shape index (κ3) is 6.46. The average molecular weight is 615 g/mol. The first kappa shape index (κ1) is 30.4. The van der Waals surface area contributed by atoms with E-state index in [0.717, 1.165) is 95.5 Å². The Morgan fingerprint density at radius 3 is 1.49 bits per heavy atom. The van der Waals surface area contributed by atoms with Crippen LogP contribution in [0.2, 0.25) is 0 Å². The van der Waals surface area contributed by atoms with Gasteiger partial charge in [0.25, 0.3) is 0 Å². The minimum atomic E-state index is -5.45. The van der Waals surface area contributed by atoms with Gasteiger partial charge in [-0.05, 0) is 73.0 Å². The molecule has 0 radical (unpaired) electrons. The highest BCUT2D eigenvalue weighted by Crippen LogP contribution is 2.46. The third-order valence-corrected chi connectivity index (χ3v) is 11.4. The smallest absolute Gasteiger partial charge is 0.339 e. The lowest BCUT2D eigenvalue weighted by atomic mass is 9.76. The van der Waals surface area contributed by atoms with Crippen LogP contribution in [-0.2, 0) is 20.2 Å². The topological polar surface area (TPSA) is 97.7 Å². The first-order valence-electron chi connectivity index (χ1n) is 14.7. The zero-order valence-electron chi connectivity index (χ0n) is 23.0. The van der Waals surface area contributed by atoms with E-state index in [2.05, 4.69) is 0 Å². The normalized spacial score (nSPS) is 20.3. The summed E-state index contributed by atoms with van der Waals surface area (Å²) in [5.74, 6) is -7.20. The molecule has 0 aliphatic heterocycles. The van der Waals surface area contributed by atoms with Crippen molar-refractivity contribution in [2.45, 2.75) is 124 Å². The molecule has 0 heterocycles. The van der Waals surface area contributed by atoms with Crippen molar-refractivity contribution in [1.29, 1.82) is 0 Å². The van der Waals surface area contributed by atoms with Gasteiger partial charge in [0, 0.05) is 6.07 Å². The van der Waals surface area contributed by atoms with Crippen molar-refractivity contribution in [2.24, 2.45) is 0 Å². The zero-order chi connectivity index (χ0) is 29.4. The molecule has 0 bridgehead atoms. The van der Waals surface area contributed by atoms with Gasteiger partial charge in [-0.1, -0.05) is 69.9 Å². The van der Waals surface area contributed by atoms with Crippen molar-refractivity contribution in [3.63, 3.8) is 0 Å². The van der Waals surface area contributed by atoms with Gasteiger partial charge in [0.1, 0.15) is 4.90 Å². The highest BCUT2D eigenvalue weighted by Gasteiger charge is 2.36. The Balaban J connectivity index is 1.68. The molecule has 0 saturated heterocycles. The van der Waals surface area contributed by atoms with Crippen molar-refractivity contribution in [2.75, 3.05) is 0 Å². The predicted molar refractivity (Wildman–Crippen MR) is 148 cm³/mol. The van der Waals surface area contributed by atoms with E-state index in [1.807, 2.05) is 12.1 Å². The highest BCUT2D eigenvalue weighted by atomic mass is 32.2. The van der Waals surface area contributed by atoms with Gasteiger partial charge >= 0.3 is 20.2 Å². The maximum Gasteiger partial charge on any atom is 0.339 e. The largest absolute Gasteiger partial charge is 0.376 e. The standard InChI is InChI=1S/C30H37F3O6S2/c31-25-18-26(27(32)28(33)30(25)40(34,35)36)39-41(37,38)29-23(20-12-6-2-7-13-20)16-22(19-10-4-1-5-11-19)17-24(29)21-14-8-3-9-15-21/h16-21H,1-15H2,(H,34,35,36). The first-order valence-corrected chi connectivity index (χ1v) is 17.6. The summed E-state index contributed by atoms with van der Waals surface area (Å²) in [6.07, 6.45) is 14.5. The molecule has 0 atom stereocenters. The highest BCUT2D eigenvalue weighted by molar-refractivity contribution is 7.87. The van der Waals surface area contributed by atoms with Gasteiger partial charge in [0.2, 0.25) is 5.82 Å². The fourth-order valence-corrected chi connectivity index (χ4v) is 9.20. The van der Waals surface area contributed by atoms with Crippen LogP contribution >= 0.6 is 0 Å². The van der Waals surface area contributed by atoms with Crippen LogP contribution < -0.4 is 4.18 Å². The lowest BCUT2D eigenvalue weighted by Gasteiger charge is -2.32. The Bertz CT molecular complexity index is 1450. The van der Waals surface area contributed by atoms with Gasteiger partial charge in [-0.3, -0.25) is 4.55 Å². The van der Waals surface area contributed by atoms with Crippen LogP contribution in [0.15, 0.2) is 28.0 Å². The SMILES string of the molecule is O=S(=O)(O)c1c(F)cc(OS(=O)(=O)c2c(C3CCCCC3)cc(C3CCCCC3)cc2C2CCCCC2)c(F)c1F. The average Bonchev–Trinajstić information content (AvgIpc) is 2.95. The quantitative estimate of drug-likeness (QED) is 0.192. The molecule has 0 spiro atoms. The Labute approximate surface area is 240 Å². The van der Waals surface area contributed by atoms with Crippen LogP contribution in [0, 0.1) is 17.5 Å². The van der Waals surface area contributed by atoms with Crippen LogP contribution in [-0.4, -0.2) is 21.4 Å². The van der Waals surface area contributed by atoms with E-state index < -0.39 is 48.3 Å². The molecule has 226 valence electrons. The number of halogens is 3. The Morgan fingerprint density at radius 2 is 1.05 bits per heavy atom. The number of hydrogen-bond acceptors (Lipinski definition) is 5. The molecule has 3 aliphatic carbocycles. The summed E-state index contributed by atoms with van der Waals surface area (Å²) in [6, 6.07) is 4.11. The summed E-state index contributed by atoms with van der Waals surface area (Å²) in [6.45, 7) is 0. The van der Waals surface area contributed by atoms with Gasteiger partial charge in [0.05, 0.1) is 0 Å². The number of rotatable bonds is 7. The summed E-state index contributed by atoms with van der Waals surface area (Å²) >= 11 is 0. The molecule has 41 heavy (non-hydrogen) atoms. The molecule has 3 fully saturated rings. The molecule has 0 unspecified atom stereocenters. The fourth-order valence-electron chi connectivity index (χ4n) is 7.11. The molecular weight excluding hydrogens is 577 g/mol. The van der Waals surface area contributed by atoms with Crippen molar-refractivity contribution in [3.8, 4) is 5.75 Å². The summed E-state index contributed by atoms with van der Waals surface area (Å²) < 4.78 is 109. The summed E-state index contributed by atoms with van der Waals surface area (Å²) in [5.41, 5.74) is 2.37. The molecule has 11 heteroatoms. The summed E-state index contributed by atoms with van der Waals surface area (Å²) in [7, 11) is -10.3. The maximum atomic E-state index is 14.9. The summed E-state index contributed by atoms with van der Waals surface area (Å²) in [4.78, 5) is -1.95. The first-order chi connectivity index (χ1) is 19.5. The van der Waals surface area contributed by atoms with Crippen molar-refractivity contribution in [1.82, 2.24) is 0 Å². The van der Waals surface area contributed by atoms with Gasteiger partial charge in [0.15, 0.2) is 22.3 Å². The third-order valence-electron chi connectivity index (χ3n) is 9.13. The zero-order valence-corrected chi connectivity index (χ0v) is 24.6. The molecule has 2 aromatic rings. The van der Waals surface area contributed by atoms with Gasteiger partial charge < -0.3 is 4.18 Å². The summed E-state index contributed by atoms with van der Waals surface area (Å²) in [5, 5.41) is 0. The molecule has 2 aromatic carbocycles. The van der Waals surface area contributed by atoms with E-state index in [0.29, 0.717) is 17.0 Å². The van der Waals surface area contributed by atoms with Gasteiger partial charge in [-0.25, -0.2) is 8.78 Å². The van der Waals surface area contributed by atoms with Crippen LogP contribution in [0.4, 0.5) is 13.2 Å². The fraction of sp³-hybridized carbons (Fsp3) is 0.600. The second kappa shape index (κ2) is 12.2. The maximum absolute atomic E-state index is 14.9. The van der Waals surface area contributed by atoms with Crippen molar-refractivity contribution in [3.05, 3.63) is 52.3 Å². The van der Waals surface area contributed by atoms with E-state index in [1.165, 1.54) is 6.42 Å². The Hall–Kier alpha value is -2.11. The second-order valence-corrected chi connectivity index (χ2v) is 14.7. The van der Waals surface area contributed by atoms with Crippen LogP contribution in [0.25, 0.3) is 0 Å². The van der Waals surface area contributed by atoms with E-state index in [9.17, 15) is 30.0 Å². The Kier molecular flexibility index (Phi) is 9.07. The lowest BCUT2D eigenvalue weighted by molar-refractivity contribution is 0.398. The predicted octanol–water partition coefficient (Wildman–Crippen LogP) is 8.26. The molecule has 1 N–H and O–H groups in total. The van der Waals surface area contributed by atoms with Crippen molar-refractivity contribution >= 4 is 20.2 Å². The van der Waals surface area contributed by atoms with Crippen molar-refractivity contribution < 1.29 is 38.7 Å². The molecular formula is C30H37F3O6S2. The monoisotopic (exact) mass is 614 g/mol. The van der Waals surface area contributed by atoms with Crippen LogP contribution in [0.3, 0.4) is 0 Å². The minimum absolute atomic E-state index is 0.0464. The second-order valence-electron chi connectivity index (χ2n) is 11.9. The molecule has 5 rings (SSSR count). The minimum Gasteiger partial charge on any atom is -0.376 e. The molecule has 6 nitrogen and oxygen atoms in total. The Morgan fingerprint density at radius 1 is 0.610 bits per heavy atom. The number of hydrogen-bond donors (Lipinski definition) is 1. The van der Waals surface area contributed by atoms with Crippen LogP contribution in [0.1, 0.15) is 131 Å². The molecule has 0 amide bonds. The van der Waals surface area contributed by atoms with E-state index in [1.54, 1.807) is 0 Å². The van der Waals surface area contributed by atoms with E-state index >= 15 is 0 Å². The van der Waals surface area contributed by atoms with Gasteiger partial charge in [-0.2, -0.15) is 21.2 Å².